The van der Waals surface area contributed by atoms with Crippen molar-refractivity contribution in [3.05, 3.63) is 24.0 Å². The van der Waals surface area contributed by atoms with Crippen LogP contribution in [-0.2, 0) is 21.3 Å². The first-order chi connectivity index (χ1) is 8.87. The number of ether oxygens (including phenoxy) is 1. The topological polar surface area (TPSA) is 85.5 Å². The molecule has 1 saturated heterocycles. The zero-order valence-electron chi connectivity index (χ0n) is 11.2. The fourth-order valence-electron chi connectivity index (χ4n) is 2.13. The Kier molecular flexibility index (Phi) is 3.91. The number of sulfonamides is 1. The molecule has 2 heterocycles. The van der Waals surface area contributed by atoms with Gasteiger partial charge in [0, 0.05) is 25.8 Å². The molecule has 0 radical (unpaired) electrons. The number of nitrogens with zero attached hydrogens (tertiary/aromatic N) is 2. The quantitative estimate of drug-likeness (QED) is 0.865. The summed E-state index contributed by atoms with van der Waals surface area (Å²) in [6.07, 6.45) is 1.55. The molecule has 1 aromatic heterocycles. The molecule has 0 atom stereocenters. The van der Waals surface area contributed by atoms with Crippen molar-refractivity contribution in [3.63, 3.8) is 0 Å². The highest BCUT2D eigenvalue weighted by atomic mass is 32.2. The van der Waals surface area contributed by atoms with E-state index in [1.165, 1.54) is 4.31 Å². The number of hydrogen-bond acceptors (Lipinski definition) is 5. The molecule has 1 aliphatic heterocycles. The Hall–Kier alpha value is -1.02. The maximum Gasteiger partial charge on any atom is 0.245 e. The van der Waals surface area contributed by atoms with Crippen LogP contribution in [0.25, 0.3) is 0 Å². The average Bonchev–Trinajstić information content (AvgIpc) is 2.37. The van der Waals surface area contributed by atoms with Crippen molar-refractivity contribution >= 4 is 10.0 Å². The van der Waals surface area contributed by atoms with Gasteiger partial charge in [0.05, 0.1) is 17.9 Å². The molecule has 0 amide bonds. The first kappa shape index (κ1) is 14.4. The third-order valence-corrected chi connectivity index (χ3v) is 4.97. The monoisotopic (exact) mass is 285 g/mol. The molecular weight excluding hydrogens is 266 g/mol. The van der Waals surface area contributed by atoms with Crippen LogP contribution < -0.4 is 5.73 Å². The molecule has 0 aliphatic carbocycles. The molecule has 0 unspecified atom stereocenters. The van der Waals surface area contributed by atoms with Crippen molar-refractivity contribution < 1.29 is 13.2 Å². The summed E-state index contributed by atoms with van der Waals surface area (Å²) in [7, 11) is -3.56. The summed E-state index contributed by atoms with van der Waals surface area (Å²) in [6, 6.07) is 3.16. The first-order valence-electron chi connectivity index (χ1n) is 6.15. The first-order valence-corrected chi connectivity index (χ1v) is 7.59. The molecule has 19 heavy (non-hydrogen) atoms. The second-order valence-corrected chi connectivity index (χ2v) is 7.01. The molecule has 1 aliphatic rings. The predicted octanol–water partition coefficient (Wildman–Crippen LogP) is 0.340. The van der Waals surface area contributed by atoms with Gasteiger partial charge < -0.3 is 10.5 Å². The van der Waals surface area contributed by atoms with E-state index in [9.17, 15) is 8.42 Å². The Labute approximate surface area is 113 Å². The maximum atomic E-state index is 12.6. The second kappa shape index (κ2) is 5.16. The number of rotatable bonds is 3. The van der Waals surface area contributed by atoms with Crippen molar-refractivity contribution in [1.29, 1.82) is 0 Å². The number of nitrogens with two attached hydrogens (primary N) is 1. The summed E-state index contributed by atoms with van der Waals surface area (Å²) in [5.74, 6) is 0. The van der Waals surface area contributed by atoms with E-state index in [2.05, 4.69) is 4.98 Å². The Morgan fingerprint density at radius 2 is 2.26 bits per heavy atom. The zero-order valence-corrected chi connectivity index (χ0v) is 12.0. The summed E-state index contributed by atoms with van der Waals surface area (Å²) in [4.78, 5) is 4.22. The van der Waals surface area contributed by atoms with E-state index in [1.807, 2.05) is 13.8 Å². The van der Waals surface area contributed by atoms with Gasteiger partial charge in [-0.15, -0.1) is 0 Å². The van der Waals surface area contributed by atoms with Gasteiger partial charge in [-0.3, -0.25) is 4.98 Å². The van der Waals surface area contributed by atoms with Gasteiger partial charge in [-0.25, -0.2) is 8.42 Å². The molecule has 106 valence electrons. The van der Waals surface area contributed by atoms with Gasteiger partial charge in [0.25, 0.3) is 0 Å². The molecule has 6 nitrogen and oxygen atoms in total. The van der Waals surface area contributed by atoms with Gasteiger partial charge in [-0.2, -0.15) is 4.31 Å². The average molecular weight is 285 g/mol. The molecule has 0 bridgehead atoms. The Morgan fingerprint density at radius 3 is 2.89 bits per heavy atom. The van der Waals surface area contributed by atoms with E-state index >= 15 is 0 Å². The summed E-state index contributed by atoms with van der Waals surface area (Å²) >= 11 is 0. The zero-order chi connectivity index (χ0) is 14.1. The summed E-state index contributed by atoms with van der Waals surface area (Å²) in [5.41, 5.74) is 5.48. The summed E-state index contributed by atoms with van der Waals surface area (Å²) < 4.78 is 32.2. The van der Waals surface area contributed by atoms with Crippen LogP contribution in [0.1, 0.15) is 19.5 Å². The highest BCUT2D eigenvalue weighted by Gasteiger charge is 2.35. The minimum Gasteiger partial charge on any atom is -0.373 e. The second-order valence-electron chi connectivity index (χ2n) is 5.10. The van der Waals surface area contributed by atoms with Gasteiger partial charge in [-0.1, -0.05) is 0 Å². The SMILES string of the molecule is CC1(C)CN(S(=O)(=O)c2cccnc2CN)CCO1. The molecule has 1 aromatic rings. The molecule has 2 rings (SSSR count). The highest BCUT2D eigenvalue weighted by Crippen LogP contribution is 2.24. The van der Waals surface area contributed by atoms with Crippen molar-refractivity contribution in [2.24, 2.45) is 5.73 Å². The maximum absolute atomic E-state index is 12.6. The van der Waals surface area contributed by atoms with Crippen LogP contribution in [0.4, 0.5) is 0 Å². The van der Waals surface area contributed by atoms with Gasteiger partial charge >= 0.3 is 0 Å². The van der Waals surface area contributed by atoms with Gasteiger partial charge in [-0.05, 0) is 26.0 Å². The van der Waals surface area contributed by atoms with E-state index in [0.29, 0.717) is 25.4 Å². The third kappa shape index (κ3) is 2.94. The lowest BCUT2D eigenvalue weighted by molar-refractivity contribution is -0.0640. The molecule has 7 heteroatoms. The fourth-order valence-corrected chi connectivity index (χ4v) is 3.89. The Bertz CT molecular complexity index is 557. The standard InChI is InChI=1S/C12H19N3O3S/c1-12(2)9-15(6-7-18-12)19(16,17)11-4-3-5-14-10(11)8-13/h3-5H,6-9,13H2,1-2H3. The van der Waals surface area contributed by atoms with E-state index in [1.54, 1.807) is 18.3 Å². The van der Waals surface area contributed by atoms with Crippen LogP contribution in [0.15, 0.2) is 23.2 Å². The smallest absolute Gasteiger partial charge is 0.245 e. The summed E-state index contributed by atoms with van der Waals surface area (Å²) in [6.45, 7) is 4.93. The Morgan fingerprint density at radius 1 is 1.53 bits per heavy atom. The van der Waals surface area contributed by atoms with Crippen LogP contribution in [-0.4, -0.2) is 43.0 Å². The summed E-state index contributed by atoms with van der Waals surface area (Å²) in [5, 5.41) is 0. The highest BCUT2D eigenvalue weighted by molar-refractivity contribution is 7.89. The van der Waals surface area contributed by atoms with Crippen LogP contribution in [0.3, 0.4) is 0 Å². The predicted molar refractivity (Wildman–Crippen MR) is 70.9 cm³/mol. The van der Waals surface area contributed by atoms with Crippen LogP contribution in [0.5, 0.6) is 0 Å². The molecule has 0 aromatic carbocycles. The van der Waals surface area contributed by atoms with E-state index < -0.39 is 15.6 Å². The number of aromatic nitrogens is 1. The van der Waals surface area contributed by atoms with Crippen molar-refractivity contribution in [2.45, 2.75) is 30.9 Å². The largest absolute Gasteiger partial charge is 0.373 e. The Balaban J connectivity index is 2.37. The lowest BCUT2D eigenvalue weighted by Crippen LogP contribution is -2.50. The van der Waals surface area contributed by atoms with Crippen molar-refractivity contribution in [2.75, 3.05) is 19.7 Å². The van der Waals surface area contributed by atoms with Gasteiger partial charge in [0.1, 0.15) is 4.90 Å². The number of morpholine rings is 1. The minimum absolute atomic E-state index is 0.100. The van der Waals surface area contributed by atoms with Crippen LogP contribution in [0, 0.1) is 0 Å². The normalized spacial score (nSPS) is 20.4. The number of hydrogen-bond donors (Lipinski definition) is 1. The molecule has 2 N–H and O–H groups in total. The van der Waals surface area contributed by atoms with Crippen molar-refractivity contribution in [3.8, 4) is 0 Å². The van der Waals surface area contributed by atoms with Gasteiger partial charge in [0.2, 0.25) is 10.0 Å². The van der Waals surface area contributed by atoms with E-state index in [4.69, 9.17) is 10.5 Å². The third-order valence-electron chi connectivity index (χ3n) is 3.05. The molecule has 1 fully saturated rings. The fraction of sp³-hybridized carbons (Fsp3) is 0.583. The van der Waals surface area contributed by atoms with Crippen molar-refractivity contribution in [1.82, 2.24) is 9.29 Å². The van der Waals surface area contributed by atoms with Crippen LogP contribution in [0.2, 0.25) is 0 Å². The van der Waals surface area contributed by atoms with Gasteiger partial charge in [0.15, 0.2) is 0 Å². The minimum atomic E-state index is -3.56. The lowest BCUT2D eigenvalue weighted by atomic mass is 10.1. The van der Waals surface area contributed by atoms with E-state index in [0.717, 1.165) is 0 Å². The molecule has 0 saturated carbocycles. The van der Waals surface area contributed by atoms with E-state index in [-0.39, 0.29) is 11.4 Å². The molecular formula is C12H19N3O3S. The lowest BCUT2D eigenvalue weighted by Gasteiger charge is -2.37. The number of pyridine rings is 1. The molecule has 0 spiro atoms. The van der Waals surface area contributed by atoms with Crippen LogP contribution >= 0.6 is 0 Å².